The molecule has 0 spiro atoms. The van der Waals surface area contributed by atoms with Crippen LogP contribution in [0.2, 0.25) is 0 Å². The number of carbonyl (C=O) groups is 2. The van der Waals surface area contributed by atoms with Crippen LogP contribution in [0.15, 0.2) is 58.2 Å². The number of furan rings is 1. The molecular weight excluding hydrogens is 478 g/mol. The first kappa shape index (κ1) is 24.7. The Hall–Kier alpha value is -3.98. The van der Waals surface area contributed by atoms with E-state index in [0.29, 0.717) is 47.0 Å². The highest BCUT2D eigenvalue weighted by molar-refractivity contribution is 6.16. The second-order valence-corrected chi connectivity index (χ2v) is 8.92. The molecule has 3 heterocycles. The molecule has 2 unspecified atom stereocenters. The van der Waals surface area contributed by atoms with Crippen LogP contribution in [0.5, 0.6) is 17.2 Å². The van der Waals surface area contributed by atoms with Crippen molar-refractivity contribution >= 4 is 22.7 Å². The van der Waals surface area contributed by atoms with Crippen LogP contribution in [-0.4, -0.2) is 61.8 Å². The molecule has 1 saturated heterocycles. The number of ether oxygens (including phenoxy) is 4. The second-order valence-electron chi connectivity index (χ2n) is 8.92. The van der Waals surface area contributed by atoms with Crippen molar-refractivity contribution in [2.75, 3.05) is 34.0 Å². The Balaban J connectivity index is 1.59. The zero-order valence-electron chi connectivity index (χ0n) is 21.0. The van der Waals surface area contributed by atoms with Gasteiger partial charge in [-0.15, -0.1) is 0 Å². The first-order valence-electron chi connectivity index (χ1n) is 12.2. The molecule has 2 atom stereocenters. The molecule has 2 aliphatic heterocycles. The molecule has 9 nitrogen and oxygen atoms in total. The van der Waals surface area contributed by atoms with Crippen LogP contribution >= 0.6 is 0 Å². The minimum absolute atomic E-state index is 0.00396. The van der Waals surface area contributed by atoms with Gasteiger partial charge in [0.25, 0.3) is 5.91 Å². The highest BCUT2D eigenvalue weighted by Crippen LogP contribution is 2.43. The van der Waals surface area contributed by atoms with E-state index >= 15 is 0 Å². The van der Waals surface area contributed by atoms with Crippen molar-refractivity contribution in [1.29, 1.82) is 0 Å². The number of rotatable bonds is 9. The maximum absolute atomic E-state index is 13.8. The number of nitrogens with zero attached hydrogens (tertiary/aromatic N) is 1. The number of aliphatic hydroxyl groups is 1. The number of benzene rings is 2. The summed E-state index contributed by atoms with van der Waals surface area (Å²) in [5.41, 5.74) is 0.938. The van der Waals surface area contributed by atoms with Gasteiger partial charge in [-0.05, 0) is 49.6 Å². The van der Waals surface area contributed by atoms with Crippen molar-refractivity contribution in [2.24, 2.45) is 0 Å². The summed E-state index contributed by atoms with van der Waals surface area (Å²) in [6.07, 6.45) is 1.49. The van der Waals surface area contributed by atoms with Gasteiger partial charge in [0.15, 0.2) is 34.4 Å². The van der Waals surface area contributed by atoms with Gasteiger partial charge in [-0.3, -0.25) is 9.59 Å². The lowest BCUT2D eigenvalue weighted by atomic mass is 9.94. The molecule has 3 aromatic rings. The van der Waals surface area contributed by atoms with Crippen LogP contribution in [-0.2, 0) is 9.53 Å². The maximum Gasteiger partial charge on any atom is 0.290 e. The summed E-state index contributed by atoms with van der Waals surface area (Å²) in [4.78, 5) is 28.7. The van der Waals surface area contributed by atoms with E-state index in [1.165, 1.54) is 19.1 Å². The molecule has 0 saturated carbocycles. The predicted molar refractivity (Wildman–Crippen MR) is 134 cm³/mol. The Morgan fingerprint density at radius 3 is 2.62 bits per heavy atom. The maximum atomic E-state index is 13.8. The lowest BCUT2D eigenvalue weighted by Crippen LogP contribution is -2.37. The summed E-state index contributed by atoms with van der Waals surface area (Å²) < 4.78 is 28.2. The fourth-order valence-corrected chi connectivity index (χ4v) is 5.00. The molecular formula is C28H29NO8. The summed E-state index contributed by atoms with van der Waals surface area (Å²) in [5, 5.41) is 11.7. The molecule has 2 aliphatic rings. The number of hydrogen-bond donors (Lipinski definition) is 1. The first-order chi connectivity index (χ1) is 18.0. The van der Waals surface area contributed by atoms with Gasteiger partial charge in [-0.25, -0.2) is 0 Å². The highest BCUT2D eigenvalue weighted by Gasteiger charge is 2.46. The van der Waals surface area contributed by atoms with Gasteiger partial charge in [-0.2, -0.15) is 0 Å². The first-order valence-corrected chi connectivity index (χ1v) is 12.2. The van der Waals surface area contributed by atoms with Gasteiger partial charge >= 0.3 is 0 Å². The number of para-hydroxylation sites is 1. The highest BCUT2D eigenvalue weighted by atomic mass is 16.5. The van der Waals surface area contributed by atoms with Crippen LogP contribution in [0.4, 0.5) is 0 Å². The fourth-order valence-electron chi connectivity index (χ4n) is 5.00. The number of ketones is 1. The SMILES string of the molecule is CCOc1ccc(C2C(C(=O)c3cc4cccc(OC)c4o3)=C(O)C(=O)N2CC2CCCO2)cc1OC. The van der Waals surface area contributed by atoms with E-state index in [2.05, 4.69) is 0 Å². The number of amides is 1. The average molecular weight is 508 g/mol. The van der Waals surface area contributed by atoms with Gasteiger partial charge in [0.2, 0.25) is 5.78 Å². The molecule has 0 bridgehead atoms. The molecule has 37 heavy (non-hydrogen) atoms. The normalized spacial score (nSPS) is 19.6. The number of aliphatic hydroxyl groups excluding tert-OH is 1. The van der Waals surface area contributed by atoms with E-state index < -0.39 is 23.5 Å². The fraction of sp³-hybridized carbons (Fsp3) is 0.357. The summed E-state index contributed by atoms with van der Waals surface area (Å²) in [7, 11) is 3.04. The molecule has 1 aromatic heterocycles. The molecule has 1 amide bonds. The Morgan fingerprint density at radius 2 is 1.92 bits per heavy atom. The van der Waals surface area contributed by atoms with Gasteiger partial charge in [0.1, 0.15) is 0 Å². The molecule has 0 radical (unpaired) electrons. The number of carbonyl (C=O) groups excluding carboxylic acids is 2. The Bertz CT molecular complexity index is 1370. The Kier molecular flexibility index (Phi) is 6.80. The van der Waals surface area contributed by atoms with Crippen LogP contribution < -0.4 is 14.2 Å². The van der Waals surface area contributed by atoms with Crippen LogP contribution in [0.25, 0.3) is 11.0 Å². The largest absolute Gasteiger partial charge is 0.503 e. The lowest BCUT2D eigenvalue weighted by molar-refractivity contribution is -0.131. The van der Waals surface area contributed by atoms with Gasteiger partial charge in [0, 0.05) is 18.5 Å². The Labute approximate surface area is 214 Å². The number of hydrogen-bond acceptors (Lipinski definition) is 8. The third kappa shape index (κ3) is 4.40. The van der Waals surface area contributed by atoms with Crippen molar-refractivity contribution in [3.05, 3.63) is 65.1 Å². The minimum atomic E-state index is -0.871. The molecule has 2 aromatic carbocycles. The molecule has 1 fully saturated rings. The van der Waals surface area contributed by atoms with Crippen LogP contribution in [0, 0.1) is 0 Å². The molecule has 1 N–H and O–H groups in total. The van der Waals surface area contributed by atoms with Gasteiger partial charge < -0.3 is 33.4 Å². The van der Waals surface area contributed by atoms with E-state index in [4.69, 9.17) is 23.4 Å². The van der Waals surface area contributed by atoms with Crippen LogP contribution in [0.3, 0.4) is 0 Å². The molecule has 0 aliphatic carbocycles. The standard InChI is InChI=1S/C28H29NO8/c1-4-35-19-11-10-16(13-21(19)34-3)24-23(26(31)28(32)29(24)15-18-8-6-12-36-18)25(30)22-14-17-7-5-9-20(33-2)27(17)37-22/h5,7,9-11,13-14,18,24,31H,4,6,8,12,15H2,1-3H3. The summed E-state index contributed by atoms with van der Waals surface area (Å²) >= 11 is 0. The number of methoxy groups -OCH3 is 2. The van der Waals surface area contributed by atoms with Gasteiger partial charge in [-0.1, -0.05) is 18.2 Å². The van der Waals surface area contributed by atoms with Crippen molar-refractivity contribution in [3.8, 4) is 17.2 Å². The lowest BCUT2D eigenvalue weighted by Gasteiger charge is -2.29. The zero-order valence-corrected chi connectivity index (χ0v) is 21.0. The zero-order chi connectivity index (χ0) is 26.1. The smallest absolute Gasteiger partial charge is 0.290 e. The summed E-state index contributed by atoms with van der Waals surface area (Å²) in [6.45, 7) is 3.16. The van der Waals surface area contributed by atoms with Crippen molar-refractivity contribution in [1.82, 2.24) is 4.90 Å². The van der Waals surface area contributed by atoms with E-state index in [0.717, 1.165) is 12.8 Å². The third-order valence-corrected chi connectivity index (χ3v) is 6.73. The van der Waals surface area contributed by atoms with E-state index in [-0.39, 0.29) is 24.0 Å². The topological polar surface area (TPSA) is 108 Å². The van der Waals surface area contributed by atoms with Crippen molar-refractivity contribution in [2.45, 2.75) is 31.9 Å². The quantitative estimate of drug-likeness (QED) is 0.419. The summed E-state index contributed by atoms with van der Waals surface area (Å²) in [6, 6.07) is 11.3. The third-order valence-electron chi connectivity index (χ3n) is 6.73. The predicted octanol–water partition coefficient (Wildman–Crippen LogP) is 4.61. The van der Waals surface area contributed by atoms with E-state index in [1.54, 1.807) is 42.5 Å². The molecule has 5 rings (SSSR count). The minimum Gasteiger partial charge on any atom is -0.503 e. The number of Topliss-reactive ketones (excluding diaryl/α,β-unsaturated/α-hetero) is 1. The average Bonchev–Trinajstić information content (AvgIpc) is 3.64. The van der Waals surface area contributed by atoms with Crippen molar-refractivity contribution < 1.29 is 38.1 Å². The van der Waals surface area contributed by atoms with Crippen LogP contribution in [0.1, 0.15) is 41.9 Å². The summed E-state index contributed by atoms with van der Waals surface area (Å²) in [5.74, 6) is -0.360. The van der Waals surface area contributed by atoms with Crippen molar-refractivity contribution in [3.63, 3.8) is 0 Å². The van der Waals surface area contributed by atoms with E-state index in [9.17, 15) is 14.7 Å². The van der Waals surface area contributed by atoms with Gasteiger partial charge in [0.05, 0.1) is 38.5 Å². The number of fused-ring (bicyclic) bond motifs is 1. The second kappa shape index (κ2) is 10.2. The Morgan fingerprint density at radius 1 is 1.11 bits per heavy atom. The molecule has 194 valence electrons. The van der Waals surface area contributed by atoms with E-state index in [1.807, 2.05) is 6.92 Å². The molecule has 9 heteroatoms. The monoisotopic (exact) mass is 507 g/mol.